The van der Waals surface area contributed by atoms with Crippen molar-refractivity contribution >= 4 is 27.9 Å². The van der Waals surface area contributed by atoms with Gasteiger partial charge in [0.25, 0.3) is 0 Å². The number of carbonyl (C=O) groups is 2. The second-order valence-corrected chi connectivity index (χ2v) is 8.01. The van der Waals surface area contributed by atoms with Gasteiger partial charge in [0, 0.05) is 12.1 Å². The van der Waals surface area contributed by atoms with E-state index in [0.717, 1.165) is 0 Å². The Bertz CT molecular complexity index is 917. The molecule has 0 spiro atoms. The van der Waals surface area contributed by atoms with Gasteiger partial charge >= 0.3 is 0 Å². The number of carbonyl (C=O) groups excluding carboxylic acids is 2. The number of sulfonamides is 1. The molecule has 2 amide bonds. The summed E-state index contributed by atoms with van der Waals surface area (Å²) >= 11 is 0. The highest BCUT2D eigenvalue weighted by Crippen LogP contribution is 2.12. The highest BCUT2D eigenvalue weighted by molar-refractivity contribution is 7.89. The second-order valence-electron chi connectivity index (χ2n) is 6.25. The van der Waals surface area contributed by atoms with Crippen LogP contribution in [0.5, 0.6) is 0 Å². The fourth-order valence-electron chi connectivity index (χ4n) is 2.19. The van der Waals surface area contributed by atoms with Crippen molar-refractivity contribution in [2.24, 2.45) is 0 Å². The maximum atomic E-state index is 12.3. The summed E-state index contributed by atoms with van der Waals surface area (Å²) in [6.45, 7) is 3.60. The summed E-state index contributed by atoms with van der Waals surface area (Å²) in [5, 5.41) is 5.14. The van der Waals surface area contributed by atoms with Crippen LogP contribution in [-0.4, -0.2) is 32.8 Å². The lowest BCUT2D eigenvalue weighted by molar-refractivity contribution is -0.124. The van der Waals surface area contributed by atoms with E-state index in [0.29, 0.717) is 11.3 Å². The minimum absolute atomic E-state index is 0.00306. The molecule has 1 heterocycles. The molecule has 0 aliphatic heterocycles. The molecule has 3 N–H and O–H groups in total. The Morgan fingerprint density at radius 2 is 1.86 bits per heavy atom. The van der Waals surface area contributed by atoms with Crippen LogP contribution in [0.4, 0.5) is 0 Å². The van der Waals surface area contributed by atoms with Crippen molar-refractivity contribution in [2.45, 2.75) is 31.3 Å². The van der Waals surface area contributed by atoms with Crippen LogP contribution in [0.3, 0.4) is 0 Å². The van der Waals surface area contributed by atoms with Crippen LogP contribution < -0.4 is 15.4 Å². The van der Waals surface area contributed by atoms with Crippen molar-refractivity contribution in [2.75, 3.05) is 6.54 Å². The number of rotatable bonds is 9. The number of furan rings is 1. The predicted octanol–water partition coefficient (Wildman–Crippen LogP) is 1.41. The molecule has 1 aromatic carbocycles. The van der Waals surface area contributed by atoms with E-state index in [1.165, 1.54) is 30.5 Å². The lowest BCUT2D eigenvalue weighted by Crippen LogP contribution is -2.39. The van der Waals surface area contributed by atoms with E-state index in [-0.39, 0.29) is 29.9 Å². The number of benzene rings is 1. The highest BCUT2D eigenvalue weighted by Gasteiger charge is 2.14. The average Bonchev–Trinajstić information content (AvgIpc) is 3.17. The van der Waals surface area contributed by atoms with Crippen molar-refractivity contribution in [3.8, 4) is 0 Å². The summed E-state index contributed by atoms with van der Waals surface area (Å²) < 4.78 is 32.1. The molecule has 8 nitrogen and oxygen atoms in total. The first-order valence-electron chi connectivity index (χ1n) is 8.63. The lowest BCUT2D eigenvalue weighted by Gasteiger charge is -2.08. The highest BCUT2D eigenvalue weighted by atomic mass is 32.2. The molecule has 1 aromatic heterocycles. The van der Waals surface area contributed by atoms with E-state index in [9.17, 15) is 18.0 Å². The average molecular weight is 405 g/mol. The molecule has 0 atom stereocenters. The predicted molar refractivity (Wildman–Crippen MR) is 104 cm³/mol. The van der Waals surface area contributed by atoms with Crippen LogP contribution in [0.25, 0.3) is 6.08 Å². The first-order chi connectivity index (χ1) is 13.3. The molecule has 0 aliphatic rings. The summed E-state index contributed by atoms with van der Waals surface area (Å²) in [7, 11) is -3.67. The second kappa shape index (κ2) is 9.86. The summed E-state index contributed by atoms with van der Waals surface area (Å²) in [6.07, 6.45) is 4.28. The zero-order valence-electron chi connectivity index (χ0n) is 15.6. The maximum Gasteiger partial charge on any atom is 0.244 e. The van der Waals surface area contributed by atoms with Gasteiger partial charge in [-0.2, -0.15) is 0 Å². The SMILES string of the molecule is CC(C)NC(=O)CNC(=O)C=Cc1ccc(S(=O)(=O)NCc2ccco2)cc1. The molecule has 28 heavy (non-hydrogen) atoms. The number of nitrogens with one attached hydrogen (secondary N) is 3. The topological polar surface area (TPSA) is 118 Å². The van der Waals surface area contributed by atoms with Crippen LogP contribution in [0, 0.1) is 0 Å². The fraction of sp³-hybridized carbons (Fsp3) is 0.263. The smallest absolute Gasteiger partial charge is 0.244 e. The molecule has 0 unspecified atom stereocenters. The minimum Gasteiger partial charge on any atom is -0.468 e. The quantitative estimate of drug-likeness (QED) is 0.545. The van der Waals surface area contributed by atoms with Gasteiger partial charge in [-0.3, -0.25) is 9.59 Å². The molecule has 9 heteroatoms. The zero-order chi connectivity index (χ0) is 20.6. The Morgan fingerprint density at radius 1 is 1.14 bits per heavy atom. The van der Waals surface area contributed by atoms with Crippen LogP contribution in [-0.2, 0) is 26.2 Å². The molecule has 0 fully saturated rings. The number of amides is 2. The van der Waals surface area contributed by atoms with Crippen LogP contribution >= 0.6 is 0 Å². The van der Waals surface area contributed by atoms with Crippen LogP contribution in [0.2, 0.25) is 0 Å². The molecule has 0 bridgehead atoms. The van der Waals surface area contributed by atoms with Gasteiger partial charge in [0.2, 0.25) is 21.8 Å². The van der Waals surface area contributed by atoms with Gasteiger partial charge in [-0.1, -0.05) is 12.1 Å². The van der Waals surface area contributed by atoms with Gasteiger partial charge in [-0.15, -0.1) is 0 Å². The Morgan fingerprint density at radius 3 is 2.46 bits per heavy atom. The fourth-order valence-corrected chi connectivity index (χ4v) is 3.19. The third-order valence-corrected chi connectivity index (χ3v) is 4.92. The van der Waals surface area contributed by atoms with Crippen molar-refractivity contribution in [3.63, 3.8) is 0 Å². The van der Waals surface area contributed by atoms with Crippen molar-refractivity contribution in [1.29, 1.82) is 0 Å². The molecule has 0 saturated carbocycles. The zero-order valence-corrected chi connectivity index (χ0v) is 16.5. The summed E-state index contributed by atoms with van der Waals surface area (Å²) in [6, 6.07) is 9.40. The Labute approximate surface area is 164 Å². The third kappa shape index (κ3) is 7.01. The van der Waals surface area contributed by atoms with E-state index in [1.54, 1.807) is 24.3 Å². The summed E-state index contributed by atoms with van der Waals surface area (Å²) in [4.78, 5) is 23.3. The molecule has 0 aliphatic carbocycles. The lowest BCUT2D eigenvalue weighted by atomic mass is 10.2. The van der Waals surface area contributed by atoms with E-state index < -0.39 is 15.9 Å². The summed E-state index contributed by atoms with van der Waals surface area (Å²) in [5.41, 5.74) is 0.645. The molecule has 0 radical (unpaired) electrons. The molecule has 2 rings (SSSR count). The maximum absolute atomic E-state index is 12.3. The minimum atomic E-state index is -3.67. The number of hydrogen-bond donors (Lipinski definition) is 3. The molecule has 0 saturated heterocycles. The Hall–Kier alpha value is -2.91. The first kappa shape index (κ1) is 21.4. The van der Waals surface area contributed by atoms with Crippen molar-refractivity contribution < 1.29 is 22.4 Å². The standard InChI is InChI=1S/C19H23N3O5S/c1-14(2)22-19(24)13-20-18(23)10-7-15-5-8-17(9-6-15)28(25,26)21-12-16-4-3-11-27-16/h3-11,14,21H,12-13H2,1-2H3,(H,20,23)(H,22,24). The molecule has 150 valence electrons. The Balaban J connectivity index is 1.88. The van der Waals surface area contributed by atoms with Crippen molar-refractivity contribution in [3.05, 3.63) is 60.1 Å². The van der Waals surface area contributed by atoms with Crippen molar-refractivity contribution in [1.82, 2.24) is 15.4 Å². The van der Waals surface area contributed by atoms with Crippen LogP contribution in [0.1, 0.15) is 25.2 Å². The van der Waals surface area contributed by atoms with Gasteiger partial charge in [-0.05, 0) is 49.8 Å². The third-order valence-electron chi connectivity index (χ3n) is 3.51. The normalized spacial score (nSPS) is 11.7. The number of hydrogen-bond acceptors (Lipinski definition) is 5. The van der Waals surface area contributed by atoms with E-state index in [2.05, 4.69) is 15.4 Å². The monoisotopic (exact) mass is 405 g/mol. The van der Waals surface area contributed by atoms with Gasteiger partial charge in [0.1, 0.15) is 5.76 Å². The summed E-state index contributed by atoms with van der Waals surface area (Å²) in [5.74, 6) is -0.180. The first-order valence-corrected chi connectivity index (χ1v) is 10.1. The van der Waals surface area contributed by atoms with E-state index in [1.807, 2.05) is 13.8 Å². The molecular weight excluding hydrogens is 382 g/mol. The van der Waals surface area contributed by atoms with E-state index in [4.69, 9.17) is 4.42 Å². The van der Waals surface area contributed by atoms with Gasteiger partial charge < -0.3 is 15.1 Å². The van der Waals surface area contributed by atoms with E-state index >= 15 is 0 Å². The molecule has 2 aromatic rings. The largest absolute Gasteiger partial charge is 0.468 e. The van der Waals surface area contributed by atoms with Gasteiger partial charge in [0.05, 0.1) is 24.2 Å². The molecular formula is C19H23N3O5S. The van der Waals surface area contributed by atoms with Gasteiger partial charge in [0.15, 0.2) is 0 Å². The van der Waals surface area contributed by atoms with Gasteiger partial charge in [-0.25, -0.2) is 13.1 Å². The van der Waals surface area contributed by atoms with Crippen LogP contribution in [0.15, 0.2) is 58.1 Å². The Kier molecular flexibility index (Phi) is 7.53.